The molecule has 0 bridgehead atoms. The Morgan fingerprint density at radius 2 is 0.915 bits per heavy atom. The van der Waals surface area contributed by atoms with Crippen LogP contribution in [0.1, 0.15) is 53.3 Å². The van der Waals surface area contributed by atoms with Gasteiger partial charge in [0.05, 0.1) is 0 Å². The van der Waals surface area contributed by atoms with E-state index in [1.807, 2.05) is 52.5 Å². The first-order chi connectivity index (χ1) is 22.1. The average Bonchev–Trinajstić information content (AvgIpc) is 3.31. The monoisotopic (exact) mass is 653 g/mol. The van der Waals surface area contributed by atoms with Crippen molar-refractivity contribution >= 4 is 57.2 Å². The summed E-state index contributed by atoms with van der Waals surface area (Å²) >= 11 is 0. The van der Waals surface area contributed by atoms with Crippen molar-refractivity contribution in [2.75, 3.05) is 41.3 Å². The minimum Gasteiger partial charge on any atom is -0.478 e. The van der Waals surface area contributed by atoms with Gasteiger partial charge in [0.15, 0.2) is 11.6 Å². The van der Waals surface area contributed by atoms with Gasteiger partial charge in [-0.15, -0.1) is 0 Å². The van der Waals surface area contributed by atoms with Crippen LogP contribution in [0.3, 0.4) is 0 Å². The zero-order chi connectivity index (χ0) is 35.7. The Hall–Kier alpha value is -5.14. The Morgan fingerprint density at radius 3 is 1.17 bits per heavy atom. The third-order valence-electron chi connectivity index (χ3n) is 6.58. The Kier molecular flexibility index (Phi) is 17.0. The molecule has 0 fully saturated rings. The van der Waals surface area contributed by atoms with Gasteiger partial charge >= 0.3 is 23.9 Å². The van der Waals surface area contributed by atoms with E-state index in [-0.39, 0.29) is 11.6 Å². The van der Waals surface area contributed by atoms with Crippen LogP contribution in [-0.2, 0) is 25.7 Å². The molecule has 4 N–H and O–H groups in total. The first-order valence-corrected chi connectivity index (χ1v) is 14.8. The van der Waals surface area contributed by atoms with Crippen LogP contribution in [0, 0.1) is 0 Å². The van der Waals surface area contributed by atoms with Gasteiger partial charge < -0.3 is 34.8 Å². The quantitative estimate of drug-likeness (QED) is 0.134. The molecule has 0 amide bonds. The predicted octanol–water partition coefficient (Wildman–Crippen LogP) is 4.29. The molecule has 0 aliphatic heterocycles. The van der Waals surface area contributed by atoms with Gasteiger partial charge in [-0.2, -0.15) is 0 Å². The van der Waals surface area contributed by atoms with E-state index in [1.165, 1.54) is 0 Å². The largest absolute Gasteiger partial charge is 0.478 e. The average molecular weight is 654 g/mol. The summed E-state index contributed by atoms with van der Waals surface area (Å²) < 4.78 is 2.26. The van der Waals surface area contributed by atoms with Gasteiger partial charge in [-0.3, -0.25) is 9.59 Å². The normalized spacial score (nSPS) is 11.0. The molecule has 0 saturated carbocycles. The van der Waals surface area contributed by atoms with Crippen LogP contribution in [0.2, 0.25) is 0 Å². The van der Waals surface area contributed by atoms with E-state index in [2.05, 4.69) is 33.4 Å². The summed E-state index contributed by atoms with van der Waals surface area (Å²) in [6.45, 7) is 4.77. The van der Waals surface area contributed by atoms with Crippen molar-refractivity contribution in [3.63, 3.8) is 0 Å². The van der Waals surface area contributed by atoms with Crippen LogP contribution in [0.4, 0.5) is 0 Å². The Labute approximate surface area is 273 Å². The number of carbonyl (C=O) groups excluding carboxylic acids is 2. The number of carboxylic acids is 4. The highest BCUT2D eigenvalue weighted by molar-refractivity contribution is 6.13. The summed E-state index contributed by atoms with van der Waals surface area (Å²) in [5, 5.41) is 33.4. The number of fused-ring (bicyclic) bond motifs is 3. The molecule has 3 aromatic rings. The molecule has 2 aromatic carbocycles. The second-order valence-corrected chi connectivity index (χ2v) is 10.9. The Morgan fingerprint density at radius 1 is 0.596 bits per heavy atom. The molecule has 0 unspecified atom stereocenters. The lowest BCUT2D eigenvalue weighted by Crippen LogP contribution is -2.14. The maximum Gasteiger partial charge on any atom is 0.328 e. The van der Waals surface area contributed by atoms with Crippen molar-refractivity contribution in [3.05, 3.63) is 71.8 Å². The van der Waals surface area contributed by atoms with Crippen molar-refractivity contribution in [3.8, 4) is 0 Å². The van der Waals surface area contributed by atoms with E-state index in [0.29, 0.717) is 37.1 Å². The number of carboxylic acid groups (broad SMARTS) is 4. The number of rotatable bonds is 15. The zero-order valence-electron chi connectivity index (χ0n) is 27.3. The van der Waals surface area contributed by atoms with Crippen LogP contribution in [0.25, 0.3) is 21.8 Å². The van der Waals surface area contributed by atoms with Crippen LogP contribution in [0.15, 0.2) is 60.7 Å². The van der Waals surface area contributed by atoms with Crippen molar-refractivity contribution in [2.45, 2.75) is 39.2 Å². The fourth-order valence-corrected chi connectivity index (χ4v) is 4.48. The molecule has 13 nitrogen and oxygen atoms in total. The Balaban J connectivity index is 0.000000569. The van der Waals surface area contributed by atoms with Gasteiger partial charge in [0, 0.05) is 76.6 Å². The number of ketones is 2. The zero-order valence-corrected chi connectivity index (χ0v) is 27.3. The summed E-state index contributed by atoms with van der Waals surface area (Å²) in [4.78, 5) is 67.9. The number of benzene rings is 2. The number of hydrogen-bond donors (Lipinski definition) is 4. The molecule has 0 atom stereocenters. The minimum atomic E-state index is -1.26. The molecule has 1 heterocycles. The highest BCUT2D eigenvalue weighted by Crippen LogP contribution is 2.31. The van der Waals surface area contributed by atoms with Gasteiger partial charge in [0.1, 0.15) is 0 Å². The first-order valence-electron chi connectivity index (χ1n) is 14.8. The van der Waals surface area contributed by atoms with E-state index < -0.39 is 23.9 Å². The molecule has 1 aromatic heterocycles. The number of aryl methyl sites for hydroxylation is 1. The van der Waals surface area contributed by atoms with Crippen LogP contribution in [0.5, 0.6) is 0 Å². The smallest absolute Gasteiger partial charge is 0.328 e. The molecular weight excluding hydrogens is 610 g/mol. The number of aromatic nitrogens is 1. The van der Waals surface area contributed by atoms with E-state index >= 15 is 0 Å². The van der Waals surface area contributed by atoms with Crippen molar-refractivity contribution in [1.82, 2.24) is 14.4 Å². The highest BCUT2D eigenvalue weighted by atomic mass is 16.4. The van der Waals surface area contributed by atoms with Crippen molar-refractivity contribution in [2.24, 2.45) is 0 Å². The molecule has 0 radical (unpaired) electrons. The maximum atomic E-state index is 12.7. The predicted molar refractivity (Wildman–Crippen MR) is 178 cm³/mol. The number of Topliss-reactive ketones (excluding diaryl/α,β-unsaturated/α-hetero) is 2. The van der Waals surface area contributed by atoms with Gasteiger partial charge in [0.2, 0.25) is 0 Å². The first kappa shape index (κ1) is 39.9. The van der Waals surface area contributed by atoms with Gasteiger partial charge in [0.25, 0.3) is 0 Å². The van der Waals surface area contributed by atoms with Gasteiger partial charge in [-0.05, 0) is 97.4 Å². The topological polar surface area (TPSA) is 195 Å². The van der Waals surface area contributed by atoms with E-state index in [1.54, 1.807) is 0 Å². The van der Waals surface area contributed by atoms with E-state index in [4.69, 9.17) is 20.4 Å². The number of carbonyl (C=O) groups is 6. The Bertz CT molecular complexity index is 1480. The number of hydrogen-bond acceptors (Lipinski definition) is 8. The standard InChI is InChI=1S/C26H35N3O2.2C4H4O4/c1-6-29-23-13-11-19(25(30)9-7-15-27(2)3)17-21(23)22-18-20(12-14-24(22)29)26(31)10-8-16-28(4)5;2*5-3(6)1-2-4(7)8/h11-14,17-18H,6-10,15-16H2,1-5H3;2*1-2H,(H,5,6)(H,7,8)/b;2*2-1+. The van der Waals surface area contributed by atoms with E-state index in [0.717, 1.165) is 65.4 Å². The second kappa shape index (κ2) is 20.1. The third kappa shape index (κ3) is 14.7. The van der Waals surface area contributed by atoms with Crippen LogP contribution < -0.4 is 0 Å². The van der Waals surface area contributed by atoms with Crippen LogP contribution >= 0.6 is 0 Å². The molecular formula is C34H43N3O10. The number of nitrogens with zero attached hydrogens (tertiary/aromatic N) is 3. The second-order valence-electron chi connectivity index (χ2n) is 10.9. The lowest BCUT2D eigenvalue weighted by atomic mass is 10.0. The van der Waals surface area contributed by atoms with E-state index in [9.17, 15) is 28.8 Å². The fourth-order valence-electron chi connectivity index (χ4n) is 4.48. The SMILES string of the molecule is CCn1c2ccc(C(=O)CCCN(C)C)cc2c2cc(C(=O)CCCN(C)C)ccc21.O=C(O)/C=C/C(=O)O.O=C(O)/C=C/C(=O)O. The molecule has 0 aliphatic carbocycles. The van der Waals surface area contributed by atoms with Crippen molar-refractivity contribution < 1.29 is 49.2 Å². The fraction of sp³-hybridized carbons (Fsp3) is 0.353. The highest BCUT2D eigenvalue weighted by Gasteiger charge is 2.15. The summed E-state index contributed by atoms with van der Waals surface area (Å²) in [6, 6.07) is 12.0. The summed E-state index contributed by atoms with van der Waals surface area (Å²) in [7, 11) is 8.09. The molecule has 254 valence electrons. The third-order valence-corrected chi connectivity index (χ3v) is 6.58. The minimum absolute atomic E-state index is 0.178. The molecule has 13 heteroatoms. The molecule has 0 spiro atoms. The van der Waals surface area contributed by atoms with Crippen LogP contribution in [-0.4, -0.2) is 112 Å². The lowest BCUT2D eigenvalue weighted by Gasteiger charge is -2.08. The summed E-state index contributed by atoms with van der Waals surface area (Å²) in [5.74, 6) is -4.67. The van der Waals surface area contributed by atoms with Crippen molar-refractivity contribution in [1.29, 1.82) is 0 Å². The molecule has 3 rings (SSSR count). The molecule has 0 saturated heterocycles. The summed E-state index contributed by atoms with van der Waals surface area (Å²) in [6.07, 6.45) is 5.03. The molecule has 47 heavy (non-hydrogen) atoms. The number of aliphatic carboxylic acids is 4. The summed E-state index contributed by atoms with van der Waals surface area (Å²) in [5.41, 5.74) is 3.73. The lowest BCUT2D eigenvalue weighted by molar-refractivity contribution is -0.134. The molecule has 0 aliphatic rings. The van der Waals surface area contributed by atoms with Gasteiger partial charge in [-0.25, -0.2) is 19.2 Å². The maximum absolute atomic E-state index is 12.7. The van der Waals surface area contributed by atoms with Gasteiger partial charge in [-0.1, -0.05) is 0 Å².